The molecule has 0 aromatic heterocycles. The van der Waals surface area contributed by atoms with E-state index in [1.165, 1.54) is 10.5 Å². The Kier molecular flexibility index (Phi) is 4.35. The van der Waals surface area contributed by atoms with Crippen LogP contribution in [0.15, 0.2) is 29.2 Å². The molecule has 1 N–H and O–H groups in total. The largest absolute Gasteiger partial charge is 0.354 e. The van der Waals surface area contributed by atoms with Crippen LogP contribution in [-0.2, 0) is 11.2 Å². The molecule has 0 saturated heterocycles. The zero-order valence-electron chi connectivity index (χ0n) is 9.78. The molecule has 1 aliphatic heterocycles. The van der Waals surface area contributed by atoms with Crippen molar-refractivity contribution in [2.24, 2.45) is 0 Å². The number of rotatable bonds is 4. The summed E-state index contributed by atoms with van der Waals surface area (Å²) in [5.41, 5.74) is 1.27. The number of carbonyl (C=O) groups excluding carboxylic acids is 1. The molecule has 1 amide bonds. The highest BCUT2D eigenvalue weighted by atomic mass is 35.5. The first kappa shape index (κ1) is 12.8. The Morgan fingerprint density at radius 3 is 3.06 bits per heavy atom. The van der Waals surface area contributed by atoms with Gasteiger partial charge in [-0.25, -0.2) is 0 Å². The molecule has 2 rings (SSSR count). The number of halogens is 1. The minimum Gasteiger partial charge on any atom is -0.354 e. The molecule has 0 radical (unpaired) electrons. The second-order valence-electron chi connectivity index (χ2n) is 4.17. The van der Waals surface area contributed by atoms with Crippen molar-refractivity contribution in [3.8, 4) is 0 Å². The molecule has 1 aromatic rings. The highest BCUT2D eigenvalue weighted by molar-refractivity contribution is 8.01. The van der Waals surface area contributed by atoms with Crippen molar-refractivity contribution in [1.29, 1.82) is 0 Å². The fourth-order valence-corrected chi connectivity index (χ4v) is 3.09. The molecular weight excluding hydrogens is 254 g/mol. The first-order valence-electron chi connectivity index (χ1n) is 5.87. The highest BCUT2D eigenvalue weighted by Crippen LogP contribution is 2.36. The van der Waals surface area contributed by atoms with Crippen LogP contribution < -0.4 is 5.32 Å². The molecule has 1 heterocycles. The summed E-state index contributed by atoms with van der Waals surface area (Å²) >= 11 is 7.63. The van der Waals surface area contributed by atoms with Gasteiger partial charge in [0, 0.05) is 11.4 Å². The fourth-order valence-electron chi connectivity index (χ4n) is 1.80. The Bertz CT molecular complexity index is 385. The number of hydrogen-bond donors (Lipinski definition) is 1. The summed E-state index contributed by atoms with van der Waals surface area (Å²) in [4.78, 5) is 13.2. The summed E-state index contributed by atoms with van der Waals surface area (Å²) in [7, 11) is 0. The Morgan fingerprint density at radius 1 is 1.59 bits per heavy atom. The molecule has 0 aliphatic carbocycles. The van der Waals surface area contributed by atoms with E-state index in [-0.39, 0.29) is 16.5 Å². The molecule has 0 saturated carbocycles. The zero-order chi connectivity index (χ0) is 12.3. The lowest BCUT2D eigenvalue weighted by atomic mass is 10.1. The minimum atomic E-state index is 0.00752. The van der Waals surface area contributed by atoms with Gasteiger partial charge in [0.2, 0.25) is 5.91 Å². The Labute approximate surface area is 111 Å². The lowest BCUT2D eigenvalue weighted by Crippen LogP contribution is -2.36. The number of amides is 1. The average molecular weight is 270 g/mol. The number of benzene rings is 1. The molecule has 4 heteroatoms. The van der Waals surface area contributed by atoms with E-state index < -0.39 is 0 Å². The van der Waals surface area contributed by atoms with Crippen molar-refractivity contribution in [2.75, 3.05) is 6.54 Å². The van der Waals surface area contributed by atoms with E-state index in [2.05, 4.69) is 17.4 Å². The molecular formula is C13H16ClNOS. The van der Waals surface area contributed by atoms with Crippen molar-refractivity contribution in [3.05, 3.63) is 29.8 Å². The highest BCUT2D eigenvalue weighted by Gasteiger charge is 2.27. The third-order valence-corrected chi connectivity index (χ3v) is 4.66. The Balaban J connectivity index is 1.88. The van der Waals surface area contributed by atoms with Crippen LogP contribution in [0.3, 0.4) is 0 Å². The summed E-state index contributed by atoms with van der Waals surface area (Å²) in [6.45, 7) is 2.58. The standard InChI is InChI=1S/C13H16ClNOS/c1-2-10(14)8-15-13(16)12-7-9-5-3-4-6-11(9)17-12/h3-6,10,12H,2,7-8H2,1H3,(H,15,16). The van der Waals surface area contributed by atoms with E-state index in [1.54, 1.807) is 11.8 Å². The number of alkyl halides is 1. The van der Waals surface area contributed by atoms with Crippen LogP contribution in [0.2, 0.25) is 0 Å². The Hall–Kier alpha value is -0.670. The number of carbonyl (C=O) groups is 1. The van der Waals surface area contributed by atoms with Gasteiger partial charge in [0.1, 0.15) is 0 Å². The van der Waals surface area contributed by atoms with Gasteiger partial charge in [-0.05, 0) is 24.5 Å². The normalized spacial score (nSPS) is 19.8. The van der Waals surface area contributed by atoms with Gasteiger partial charge < -0.3 is 5.32 Å². The lowest BCUT2D eigenvalue weighted by molar-refractivity contribution is -0.120. The van der Waals surface area contributed by atoms with Crippen molar-refractivity contribution in [1.82, 2.24) is 5.32 Å². The van der Waals surface area contributed by atoms with E-state index in [0.717, 1.165) is 12.8 Å². The van der Waals surface area contributed by atoms with E-state index in [0.29, 0.717) is 6.54 Å². The second-order valence-corrected chi connectivity index (χ2v) is 6.03. The summed E-state index contributed by atoms with van der Waals surface area (Å²) < 4.78 is 0. The van der Waals surface area contributed by atoms with Gasteiger partial charge in [0.15, 0.2) is 0 Å². The molecule has 92 valence electrons. The van der Waals surface area contributed by atoms with Crippen molar-refractivity contribution >= 4 is 29.3 Å². The van der Waals surface area contributed by atoms with Gasteiger partial charge in [0.25, 0.3) is 0 Å². The van der Waals surface area contributed by atoms with Crippen LogP contribution in [0.25, 0.3) is 0 Å². The maximum Gasteiger partial charge on any atom is 0.233 e. The molecule has 2 nitrogen and oxygen atoms in total. The van der Waals surface area contributed by atoms with E-state index >= 15 is 0 Å². The van der Waals surface area contributed by atoms with E-state index in [1.807, 2.05) is 19.1 Å². The van der Waals surface area contributed by atoms with E-state index in [4.69, 9.17) is 11.6 Å². The second kappa shape index (κ2) is 5.78. The third kappa shape index (κ3) is 3.17. The number of thioether (sulfide) groups is 1. The maximum absolute atomic E-state index is 11.9. The molecule has 0 fully saturated rings. The van der Waals surface area contributed by atoms with Crippen molar-refractivity contribution in [3.63, 3.8) is 0 Å². The molecule has 0 spiro atoms. The van der Waals surface area contributed by atoms with Gasteiger partial charge in [-0.15, -0.1) is 23.4 Å². The molecule has 2 atom stereocenters. The monoisotopic (exact) mass is 269 g/mol. The third-order valence-electron chi connectivity index (χ3n) is 2.88. The average Bonchev–Trinajstić information content (AvgIpc) is 2.79. The van der Waals surface area contributed by atoms with Crippen LogP contribution in [0.5, 0.6) is 0 Å². The van der Waals surface area contributed by atoms with Gasteiger partial charge >= 0.3 is 0 Å². The van der Waals surface area contributed by atoms with Gasteiger partial charge in [-0.1, -0.05) is 25.1 Å². The molecule has 2 unspecified atom stereocenters. The molecule has 17 heavy (non-hydrogen) atoms. The summed E-state index contributed by atoms with van der Waals surface area (Å²) in [5.74, 6) is 0.102. The predicted octanol–water partition coefficient (Wildman–Crippen LogP) is 2.84. The minimum absolute atomic E-state index is 0.00752. The van der Waals surface area contributed by atoms with Crippen molar-refractivity contribution < 1.29 is 4.79 Å². The van der Waals surface area contributed by atoms with Crippen LogP contribution in [0.4, 0.5) is 0 Å². The predicted molar refractivity (Wildman–Crippen MR) is 72.7 cm³/mol. The zero-order valence-corrected chi connectivity index (χ0v) is 11.4. The number of nitrogens with one attached hydrogen (secondary N) is 1. The summed E-state index contributed by atoms with van der Waals surface area (Å²) in [5, 5.41) is 2.96. The smallest absolute Gasteiger partial charge is 0.233 e. The van der Waals surface area contributed by atoms with Gasteiger partial charge in [-0.3, -0.25) is 4.79 Å². The van der Waals surface area contributed by atoms with Crippen LogP contribution in [-0.4, -0.2) is 23.1 Å². The summed E-state index contributed by atoms with van der Waals surface area (Å²) in [6, 6.07) is 8.19. The van der Waals surface area contributed by atoms with Crippen LogP contribution in [0, 0.1) is 0 Å². The van der Waals surface area contributed by atoms with Gasteiger partial charge in [0.05, 0.1) is 10.6 Å². The van der Waals surface area contributed by atoms with Crippen LogP contribution in [0.1, 0.15) is 18.9 Å². The Morgan fingerprint density at radius 2 is 2.35 bits per heavy atom. The molecule has 0 bridgehead atoms. The number of hydrogen-bond acceptors (Lipinski definition) is 2. The first-order chi connectivity index (χ1) is 8.20. The quantitative estimate of drug-likeness (QED) is 0.852. The maximum atomic E-state index is 11.9. The molecule has 1 aromatic carbocycles. The van der Waals surface area contributed by atoms with Crippen molar-refractivity contribution in [2.45, 2.75) is 35.3 Å². The van der Waals surface area contributed by atoms with Gasteiger partial charge in [-0.2, -0.15) is 0 Å². The first-order valence-corrected chi connectivity index (χ1v) is 7.18. The SMILES string of the molecule is CCC(Cl)CNC(=O)C1Cc2ccccc2S1. The van der Waals surface area contributed by atoms with Crippen LogP contribution >= 0.6 is 23.4 Å². The molecule has 1 aliphatic rings. The number of fused-ring (bicyclic) bond motifs is 1. The topological polar surface area (TPSA) is 29.1 Å². The summed E-state index contributed by atoms with van der Waals surface area (Å²) in [6.07, 6.45) is 1.70. The fraction of sp³-hybridized carbons (Fsp3) is 0.462. The lowest BCUT2D eigenvalue weighted by Gasteiger charge is -2.12. The van der Waals surface area contributed by atoms with E-state index in [9.17, 15) is 4.79 Å².